The first-order valence-corrected chi connectivity index (χ1v) is 8.91. The fourth-order valence-corrected chi connectivity index (χ4v) is 2.86. The van der Waals surface area contributed by atoms with Crippen LogP contribution in [0, 0.1) is 6.92 Å². The molecular weight excluding hydrogens is 348 g/mol. The maximum atomic E-state index is 12.6. The molecule has 144 valence electrons. The molecule has 1 aromatic carbocycles. The van der Waals surface area contributed by atoms with Crippen molar-refractivity contribution in [1.29, 1.82) is 0 Å². The summed E-state index contributed by atoms with van der Waals surface area (Å²) in [4.78, 5) is 30.5. The molecule has 0 radical (unpaired) electrons. The van der Waals surface area contributed by atoms with E-state index in [-0.39, 0.29) is 18.0 Å². The minimum Gasteiger partial charge on any atom is -0.444 e. The molecule has 2 heterocycles. The number of aromatic nitrogens is 2. The second-order valence-corrected chi connectivity index (χ2v) is 7.60. The molecule has 3 rings (SSSR count). The van der Waals surface area contributed by atoms with Crippen molar-refractivity contribution in [2.45, 2.75) is 45.8 Å². The Balaban J connectivity index is 1.61. The molecule has 1 aliphatic heterocycles. The van der Waals surface area contributed by atoms with Gasteiger partial charge >= 0.3 is 6.09 Å². The third-order valence-corrected chi connectivity index (χ3v) is 4.09. The highest BCUT2D eigenvalue weighted by atomic mass is 16.6. The Kier molecular flexibility index (Phi) is 5.16. The van der Waals surface area contributed by atoms with Gasteiger partial charge in [-0.15, -0.1) is 0 Å². The fraction of sp³-hybridized carbons (Fsp3) is 0.474. The summed E-state index contributed by atoms with van der Waals surface area (Å²) in [6.07, 6.45) is 0.336. The van der Waals surface area contributed by atoms with Crippen LogP contribution in [0.4, 0.5) is 4.79 Å². The molecule has 8 heteroatoms. The van der Waals surface area contributed by atoms with Gasteiger partial charge in [-0.25, -0.2) is 4.79 Å². The summed E-state index contributed by atoms with van der Waals surface area (Å²) < 4.78 is 10.4. The van der Waals surface area contributed by atoms with Crippen LogP contribution in [-0.2, 0) is 4.74 Å². The number of nitrogens with zero attached hydrogens (tertiary/aromatic N) is 3. The summed E-state index contributed by atoms with van der Waals surface area (Å²) in [5.41, 5.74) is 0.679. The van der Waals surface area contributed by atoms with Gasteiger partial charge in [-0.05, 0) is 39.3 Å². The van der Waals surface area contributed by atoms with E-state index in [0.717, 1.165) is 0 Å². The maximum Gasteiger partial charge on any atom is 0.410 e. The van der Waals surface area contributed by atoms with Gasteiger partial charge in [0.1, 0.15) is 5.60 Å². The summed E-state index contributed by atoms with van der Waals surface area (Å²) in [6.45, 7) is 8.20. The number of likely N-dealkylation sites (tertiary alicyclic amines) is 1. The third-order valence-electron chi connectivity index (χ3n) is 4.09. The minimum atomic E-state index is -0.535. The van der Waals surface area contributed by atoms with Gasteiger partial charge in [-0.3, -0.25) is 4.79 Å². The molecule has 1 atom stereocenters. The molecule has 0 bridgehead atoms. The molecule has 2 amide bonds. The molecule has 1 aliphatic rings. The molecule has 1 fully saturated rings. The van der Waals surface area contributed by atoms with Gasteiger partial charge in [0, 0.05) is 37.2 Å². The van der Waals surface area contributed by atoms with Gasteiger partial charge in [0.05, 0.1) is 0 Å². The molecule has 0 spiro atoms. The van der Waals surface area contributed by atoms with Gasteiger partial charge in [0.15, 0.2) is 0 Å². The Labute approximate surface area is 157 Å². The van der Waals surface area contributed by atoms with Gasteiger partial charge in [-0.1, -0.05) is 17.3 Å². The van der Waals surface area contributed by atoms with E-state index < -0.39 is 5.60 Å². The number of amides is 2. The Morgan fingerprint density at radius 2 is 2.11 bits per heavy atom. The van der Waals surface area contributed by atoms with Crippen molar-refractivity contribution in [1.82, 2.24) is 20.4 Å². The van der Waals surface area contributed by atoms with Crippen molar-refractivity contribution in [2.24, 2.45) is 0 Å². The zero-order chi connectivity index (χ0) is 19.6. The minimum absolute atomic E-state index is 0.110. The number of hydrogen-bond acceptors (Lipinski definition) is 6. The van der Waals surface area contributed by atoms with Crippen molar-refractivity contribution in [3.05, 3.63) is 35.7 Å². The van der Waals surface area contributed by atoms with Gasteiger partial charge in [0.2, 0.25) is 11.7 Å². The molecule has 1 N–H and O–H groups in total. The number of benzene rings is 1. The van der Waals surface area contributed by atoms with Crippen LogP contribution >= 0.6 is 0 Å². The number of ether oxygens (including phenoxy) is 1. The lowest BCUT2D eigenvalue weighted by Gasteiger charge is -2.24. The number of nitrogens with one attached hydrogen (secondary N) is 1. The Hall–Kier alpha value is -2.90. The van der Waals surface area contributed by atoms with Crippen LogP contribution < -0.4 is 5.32 Å². The van der Waals surface area contributed by atoms with Crippen LogP contribution in [0.3, 0.4) is 0 Å². The number of rotatable bonds is 3. The van der Waals surface area contributed by atoms with Crippen LogP contribution in [0.5, 0.6) is 0 Å². The van der Waals surface area contributed by atoms with Gasteiger partial charge < -0.3 is 19.5 Å². The highest BCUT2D eigenvalue weighted by molar-refractivity contribution is 5.95. The van der Waals surface area contributed by atoms with E-state index in [1.165, 1.54) is 0 Å². The molecule has 1 aromatic heterocycles. The first-order chi connectivity index (χ1) is 12.7. The number of hydrogen-bond donors (Lipinski definition) is 1. The van der Waals surface area contributed by atoms with Crippen molar-refractivity contribution in [2.75, 3.05) is 13.1 Å². The third kappa shape index (κ3) is 4.84. The first-order valence-electron chi connectivity index (χ1n) is 8.91. The Morgan fingerprint density at radius 3 is 2.78 bits per heavy atom. The molecule has 0 saturated carbocycles. The molecule has 1 saturated heterocycles. The van der Waals surface area contributed by atoms with Crippen molar-refractivity contribution in [3.8, 4) is 11.4 Å². The molecule has 0 aliphatic carbocycles. The highest BCUT2D eigenvalue weighted by Gasteiger charge is 2.30. The average Bonchev–Trinajstić information content (AvgIpc) is 3.22. The van der Waals surface area contributed by atoms with Crippen LogP contribution in [0.1, 0.15) is 43.4 Å². The molecule has 8 nitrogen and oxygen atoms in total. The van der Waals surface area contributed by atoms with E-state index in [0.29, 0.717) is 42.4 Å². The van der Waals surface area contributed by atoms with E-state index in [1.807, 2.05) is 26.8 Å². The normalized spacial score (nSPS) is 17.0. The standard InChI is InChI=1S/C19H24N4O4/c1-12-20-16(22-27-12)13-6-5-7-14(10-13)17(24)21-15-8-9-23(11-15)18(25)26-19(2,3)4/h5-7,10,15H,8-9,11H2,1-4H3,(H,21,24)/t15-/m0/s1. The Bertz CT molecular complexity index is 840. The number of carbonyl (C=O) groups excluding carboxylic acids is 2. The summed E-state index contributed by atoms with van der Waals surface area (Å²) >= 11 is 0. The second-order valence-electron chi connectivity index (χ2n) is 7.60. The molecule has 27 heavy (non-hydrogen) atoms. The van der Waals surface area contributed by atoms with Crippen molar-refractivity contribution < 1.29 is 18.8 Å². The SMILES string of the molecule is Cc1nc(-c2cccc(C(=O)N[C@H]3CCN(C(=O)OC(C)(C)C)C3)c2)no1. The molecule has 2 aromatic rings. The van der Waals surface area contributed by atoms with E-state index in [1.54, 1.807) is 30.0 Å². The van der Waals surface area contributed by atoms with Crippen LogP contribution in [0.25, 0.3) is 11.4 Å². The lowest BCUT2D eigenvalue weighted by atomic mass is 10.1. The van der Waals surface area contributed by atoms with Gasteiger partial charge in [0.25, 0.3) is 5.91 Å². The van der Waals surface area contributed by atoms with Crippen molar-refractivity contribution in [3.63, 3.8) is 0 Å². The first kappa shape index (κ1) is 18.9. The zero-order valence-corrected chi connectivity index (χ0v) is 16.0. The predicted molar refractivity (Wildman–Crippen MR) is 98.1 cm³/mol. The molecule has 0 unspecified atom stereocenters. The smallest absolute Gasteiger partial charge is 0.410 e. The average molecular weight is 372 g/mol. The summed E-state index contributed by atoms with van der Waals surface area (Å²) in [5, 5.41) is 6.85. The second kappa shape index (κ2) is 7.38. The van der Waals surface area contributed by atoms with Crippen LogP contribution in [0.15, 0.2) is 28.8 Å². The summed E-state index contributed by atoms with van der Waals surface area (Å²) in [5.74, 6) is 0.709. The van der Waals surface area contributed by atoms with E-state index >= 15 is 0 Å². The Morgan fingerprint density at radius 1 is 1.33 bits per heavy atom. The summed E-state index contributed by atoms with van der Waals surface area (Å²) in [7, 11) is 0. The van der Waals surface area contributed by atoms with E-state index in [4.69, 9.17) is 9.26 Å². The van der Waals surface area contributed by atoms with Gasteiger partial charge in [-0.2, -0.15) is 4.98 Å². The largest absolute Gasteiger partial charge is 0.444 e. The summed E-state index contributed by atoms with van der Waals surface area (Å²) in [6, 6.07) is 6.94. The topological polar surface area (TPSA) is 97.6 Å². The monoisotopic (exact) mass is 372 g/mol. The molecular formula is C19H24N4O4. The predicted octanol–water partition coefficient (Wildman–Crippen LogP) is 2.78. The van der Waals surface area contributed by atoms with E-state index in [9.17, 15) is 9.59 Å². The highest BCUT2D eigenvalue weighted by Crippen LogP contribution is 2.19. The van der Waals surface area contributed by atoms with Crippen LogP contribution in [0.2, 0.25) is 0 Å². The maximum absolute atomic E-state index is 12.6. The number of aryl methyl sites for hydroxylation is 1. The lowest BCUT2D eigenvalue weighted by molar-refractivity contribution is 0.0290. The lowest BCUT2D eigenvalue weighted by Crippen LogP contribution is -2.40. The quantitative estimate of drug-likeness (QED) is 0.890. The fourth-order valence-electron chi connectivity index (χ4n) is 2.86. The van der Waals surface area contributed by atoms with Crippen LogP contribution in [-0.4, -0.2) is 51.8 Å². The van der Waals surface area contributed by atoms with Crippen molar-refractivity contribution >= 4 is 12.0 Å². The zero-order valence-electron chi connectivity index (χ0n) is 16.0. The number of carbonyl (C=O) groups is 2. The van der Waals surface area contributed by atoms with E-state index in [2.05, 4.69) is 15.5 Å².